The van der Waals surface area contributed by atoms with Crippen molar-refractivity contribution in [2.45, 2.75) is 18.4 Å². The van der Waals surface area contributed by atoms with E-state index in [1.165, 1.54) is 6.42 Å². The molecule has 0 N–H and O–H groups in total. The number of hydrogen-bond donors (Lipinski definition) is 0. The Morgan fingerprint density at radius 1 is 1.55 bits per heavy atom. The summed E-state index contributed by atoms with van der Waals surface area (Å²) in [5, 5.41) is 0. The molecule has 1 saturated carbocycles. The van der Waals surface area contributed by atoms with E-state index in [-0.39, 0.29) is 5.60 Å². The van der Waals surface area contributed by atoms with Crippen LogP contribution in [0.25, 0.3) is 0 Å². The van der Waals surface area contributed by atoms with Crippen molar-refractivity contribution in [2.75, 3.05) is 6.79 Å². The molecule has 2 unspecified atom stereocenters. The van der Waals surface area contributed by atoms with Crippen molar-refractivity contribution in [1.82, 2.24) is 0 Å². The van der Waals surface area contributed by atoms with Crippen LogP contribution in [0, 0.1) is 5.92 Å². The summed E-state index contributed by atoms with van der Waals surface area (Å²) in [6.07, 6.45) is 8.71. The monoisotopic (exact) mass is 150 g/mol. The second-order valence-corrected chi connectivity index (χ2v) is 3.36. The van der Waals surface area contributed by atoms with Crippen LogP contribution in [0.5, 0.6) is 0 Å². The van der Waals surface area contributed by atoms with Gasteiger partial charge in [-0.15, -0.1) is 0 Å². The lowest BCUT2D eigenvalue weighted by Crippen LogP contribution is -2.47. The number of rotatable bonds is 0. The van der Waals surface area contributed by atoms with Crippen LogP contribution in [0.4, 0.5) is 0 Å². The second kappa shape index (κ2) is 1.69. The van der Waals surface area contributed by atoms with E-state index in [9.17, 15) is 0 Å². The van der Waals surface area contributed by atoms with E-state index in [4.69, 9.17) is 9.47 Å². The minimum atomic E-state index is -0.0191. The molecular weight excluding hydrogens is 140 g/mol. The molecule has 2 aliphatic carbocycles. The predicted molar refractivity (Wildman–Crippen MR) is 39.7 cm³/mol. The van der Waals surface area contributed by atoms with Gasteiger partial charge in [-0.3, -0.25) is 0 Å². The highest BCUT2D eigenvalue weighted by Gasteiger charge is 2.54. The molecule has 2 nitrogen and oxygen atoms in total. The Morgan fingerprint density at radius 3 is 3.27 bits per heavy atom. The number of allylic oxidation sites excluding steroid dienone is 2. The standard InChI is InChI=1S/C9H10O2/c1-2-7-4-5-9(7)8(3-1)10-6-11-9/h1-3,7H,4-6H2. The van der Waals surface area contributed by atoms with Gasteiger partial charge < -0.3 is 9.47 Å². The Hall–Kier alpha value is -0.760. The van der Waals surface area contributed by atoms with Crippen molar-refractivity contribution in [3.8, 4) is 0 Å². The zero-order valence-electron chi connectivity index (χ0n) is 6.25. The van der Waals surface area contributed by atoms with E-state index < -0.39 is 0 Å². The van der Waals surface area contributed by atoms with Gasteiger partial charge in [0, 0.05) is 5.92 Å². The molecule has 0 aromatic carbocycles. The molecule has 0 radical (unpaired) electrons. The first kappa shape index (κ1) is 5.84. The Kier molecular flexibility index (Phi) is 0.899. The molecule has 2 atom stereocenters. The van der Waals surface area contributed by atoms with E-state index in [1.807, 2.05) is 6.08 Å². The van der Waals surface area contributed by atoms with Crippen LogP contribution in [-0.2, 0) is 9.47 Å². The van der Waals surface area contributed by atoms with Gasteiger partial charge in [0.15, 0.2) is 6.79 Å². The maximum atomic E-state index is 5.60. The lowest BCUT2D eigenvalue weighted by atomic mass is 9.66. The highest BCUT2D eigenvalue weighted by Crippen LogP contribution is 2.52. The number of hydrogen-bond acceptors (Lipinski definition) is 2. The van der Waals surface area contributed by atoms with Crippen LogP contribution in [0.15, 0.2) is 24.0 Å². The summed E-state index contributed by atoms with van der Waals surface area (Å²) in [5.41, 5.74) is -0.0191. The second-order valence-electron chi connectivity index (χ2n) is 3.36. The molecule has 58 valence electrons. The third kappa shape index (κ3) is 0.530. The summed E-state index contributed by atoms with van der Waals surface area (Å²) in [4.78, 5) is 0. The molecule has 0 aromatic heterocycles. The van der Waals surface area contributed by atoms with E-state index in [2.05, 4.69) is 12.2 Å². The zero-order chi connectivity index (χ0) is 7.31. The molecule has 0 amide bonds. The van der Waals surface area contributed by atoms with Crippen LogP contribution in [0.2, 0.25) is 0 Å². The fraction of sp³-hybridized carbons (Fsp3) is 0.556. The topological polar surface area (TPSA) is 18.5 Å². The maximum absolute atomic E-state index is 5.60. The molecule has 2 fully saturated rings. The van der Waals surface area contributed by atoms with E-state index in [1.54, 1.807) is 0 Å². The summed E-state index contributed by atoms with van der Waals surface area (Å²) < 4.78 is 11.0. The molecule has 0 bridgehead atoms. The Morgan fingerprint density at radius 2 is 2.55 bits per heavy atom. The van der Waals surface area contributed by atoms with Gasteiger partial charge in [-0.1, -0.05) is 12.2 Å². The fourth-order valence-corrected chi connectivity index (χ4v) is 2.17. The summed E-state index contributed by atoms with van der Waals surface area (Å²) in [6, 6.07) is 0. The maximum Gasteiger partial charge on any atom is 0.189 e. The molecule has 1 saturated heterocycles. The minimum Gasteiger partial charge on any atom is -0.469 e. The van der Waals surface area contributed by atoms with Crippen molar-refractivity contribution < 1.29 is 9.47 Å². The first-order chi connectivity index (χ1) is 5.42. The van der Waals surface area contributed by atoms with Gasteiger partial charge in [0.1, 0.15) is 11.4 Å². The van der Waals surface area contributed by atoms with Gasteiger partial charge in [-0.25, -0.2) is 0 Å². The van der Waals surface area contributed by atoms with Gasteiger partial charge in [0.25, 0.3) is 0 Å². The van der Waals surface area contributed by atoms with Gasteiger partial charge >= 0.3 is 0 Å². The normalized spacial score (nSPS) is 45.1. The molecule has 3 rings (SSSR count). The van der Waals surface area contributed by atoms with Gasteiger partial charge in [-0.2, -0.15) is 0 Å². The van der Waals surface area contributed by atoms with Crippen molar-refractivity contribution in [3.05, 3.63) is 24.0 Å². The zero-order valence-corrected chi connectivity index (χ0v) is 6.25. The molecule has 0 aromatic rings. The molecule has 3 aliphatic rings. The third-order valence-electron chi connectivity index (χ3n) is 2.96. The summed E-state index contributed by atoms with van der Waals surface area (Å²) in [6.45, 7) is 0.448. The molecule has 1 aliphatic heterocycles. The number of ether oxygens (including phenoxy) is 2. The molecule has 1 heterocycles. The van der Waals surface area contributed by atoms with Crippen LogP contribution in [0.1, 0.15) is 12.8 Å². The summed E-state index contributed by atoms with van der Waals surface area (Å²) in [5.74, 6) is 1.64. The Balaban J connectivity index is 2.08. The molecule has 11 heavy (non-hydrogen) atoms. The lowest BCUT2D eigenvalue weighted by Gasteiger charge is -2.44. The largest absolute Gasteiger partial charge is 0.469 e. The van der Waals surface area contributed by atoms with Gasteiger partial charge in [-0.05, 0) is 18.9 Å². The van der Waals surface area contributed by atoms with E-state index in [0.29, 0.717) is 12.7 Å². The van der Waals surface area contributed by atoms with Crippen LogP contribution in [0.3, 0.4) is 0 Å². The van der Waals surface area contributed by atoms with Crippen LogP contribution < -0.4 is 0 Å². The van der Waals surface area contributed by atoms with Crippen molar-refractivity contribution >= 4 is 0 Å². The average Bonchev–Trinajstić information content (AvgIpc) is 2.40. The van der Waals surface area contributed by atoms with Crippen molar-refractivity contribution in [2.24, 2.45) is 5.92 Å². The van der Waals surface area contributed by atoms with Crippen LogP contribution in [-0.4, -0.2) is 12.4 Å². The SMILES string of the molecule is C1=CC2CCC23OCOC3=C1. The minimum absolute atomic E-state index is 0.0191. The molecular formula is C9H10O2. The quantitative estimate of drug-likeness (QED) is 0.522. The smallest absolute Gasteiger partial charge is 0.189 e. The first-order valence-electron chi connectivity index (χ1n) is 4.07. The molecule has 2 heteroatoms. The van der Waals surface area contributed by atoms with Crippen molar-refractivity contribution in [3.63, 3.8) is 0 Å². The highest BCUT2D eigenvalue weighted by atomic mass is 16.7. The van der Waals surface area contributed by atoms with Gasteiger partial charge in [0.2, 0.25) is 0 Å². The predicted octanol–water partition coefficient (Wildman–Crippen LogP) is 1.59. The Bertz CT molecular complexity index is 254. The molecule has 1 spiro atoms. The van der Waals surface area contributed by atoms with E-state index in [0.717, 1.165) is 12.2 Å². The van der Waals surface area contributed by atoms with E-state index >= 15 is 0 Å². The summed E-state index contributed by atoms with van der Waals surface area (Å²) >= 11 is 0. The fourth-order valence-electron chi connectivity index (χ4n) is 2.17. The van der Waals surface area contributed by atoms with Gasteiger partial charge in [0.05, 0.1) is 0 Å². The Labute approximate surface area is 65.5 Å². The van der Waals surface area contributed by atoms with Crippen LogP contribution >= 0.6 is 0 Å². The third-order valence-corrected chi connectivity index (χ3v) is 2.96. The highest BCUT2D eigenvalue weighted by molar-refractivity contribution is 5.32. The lowest BCUT2D eigenvalue weighted by molar-refractivity contribution is -0.0807. The first-order valence-corrected chi connectivity index (χ1v) is 4.07. The summed E-state index contributed by atoms with van der Waals surface area (Å²) in [7, 11) is 0. The average molecular weight is 150 g/mol. The van der Waals surface area contributed by atoms with Crippen molar-refractivity contribution in [1.29, 1.82) is 0 Å².